The number of halogens is 2. The van der Waals surface area contributed by atoms with E-state index in [1.807, 2.05) is 0 Å². The third-order valence-electron chi connectivity index (χ3n) is 3.30. The number of nitrogens with one attached hydrogen (secondary N) is 1. The van der Waals surface area contributed by atoms with Gasteiger partial charge in [0, 0.05) is 12.1 Å². The van der Waals surface area contributed by atoms with Crippen LogP contribution < -0.4 is 11.1 Å². The number of nitrogens with two attached hydrogens (primary N) is 1. The molecular weight excluding hydrogens is 335 g/mol. The summed E-state index contributed by atoms with van der Waals surface area (Å²) < 4.78 is 18.6. The van der Waals surface area contributed by atoms with Crippen molar-refractivity contribution in [2.75, 3.05) is 5.73 Å². The van der Waals surface area contributed by atoms with Crippen LogP contribution in [0.1, 0.15) is 22.8 Å². The van der Waals surface area contributed by atoms with Crippen molar-refractivity contribution in [1.29, 1.82) is 0 Å². The van der Waals surface area contributed by atoms with Crippen LogP contribution in [0.2, 0.25) is 5.02 Å². The molecule has 0 heterocycles. The average Bonchev–Trinajstić information content (AvgIpc) is 2.56. The molecule has 1 amide bonds. The molecule has 2 aromatic carbocycles. The summed E-state index contributed by atoms with van der Waals surface area (Å²) in [6, 6.07) is 10.4. The molecule has 3 N–H and O–H groups in total. The Balaban J connectivity index is 1.92. The zero-order valence-corrected chi connectivity index (χ0v) is 13.6. The number of anilines is 1. The van der Waals surface area contributed by atoms with E-state index >= 15 is 0 Å². The minimum absolute atomic E-state index is 0.00128. The highest BCUT2D eigenvalue weighted by molar-refractivity contribution is 6.33. The van der Waals surface area contributed by atoms with Crippen LogP contribution in [0.15, 0.2) is 42.5 Å². The summed E-state index contributed by atoms with van der Waals surface area (Å²) in [6.45, 7) is 1.43. The lowest BCUT2D eigenvalue weighted by Gasteiger charge is -2.14. The maximum atomic E-state index is 13.5. The third kappa shape index (κ3) is 4.45. The molecule has 0 spiro atoms. The molecule has 0 bridgehead atoms. The Morgan fingerprint density at radius 3 is 2.67 bits per heavy atom. The summed E-state index contributed by atoms with van der Waals surface area (Å²) in [4.78, 5) is 23.9. The van der Waals surface area contributed by atoms with Gasteiger partial charge >= 0.3 is 5.97 Å². The Kier molecular flexibility index (Phi) is 5.76. The highest BCUT2D eigenvalue weighted by atomic mass is 35.5. The predicted octanol–water partition coefficient (Wildman–Crippen LogP) is 2.92. The molecule has 5 nitrogen and oxygen atoms in total. The van der Waals surface area contributed by atoms with Crippen LogP contribution in [0, 0.1) is 5.82 Å². The number of esters is 1. The highest BCUT2D eigenvalue weighted by Gasteiger charge is 2.19. The lowest BCUT2D eigenvalue weighted by molar-refractivity contribution is -0.129. The Morgan fingerprint density at radius 1 is 1.29 bits per heavy atom. The number of benzene rings is 2. The number of ether oxygens (including phenoxy) is 1. The molecular formula is C17H16ClFN2O3. The van der Waals surface area contributed by atoms with Crippen LogP contribution in [0.25, 0.3) is 0 Å². The van der Waals surface area contributed by atoms with Gasteiger partial charge in [-0.3, -0.25) is 4.79 Å². The first kappa shape index (κ1) is 17.7. The molecule has 0 aliphatic carbocycles. The van der Waals surface area contributed by atoms with Crippen molar-refractivity contribution < 1.29 is 18.7 Å². The minimum Gasteiger partial charge on any atom is -0.449 e. The van der Waals surface area contributed by atoms with E-state index in [1.54, 1.807) is 18.2 Å². The van der Waals surface area contributed by atoms with Crippen molar-refractivity contribution in [3.05, 3.63) is 64.4 Å². The summed E-state index contributed by atoms with van der Waals surface area (Å²) in [7, 11) is 0. The lowest BCUT2D eigenvalue weighted by atomic mass is 10.2. The fourth-order valence-corrected chi connectivity index (χ4v) is 2.04. The van der Waals surface area contributed by atoms with E-state index in [2.05, 4.69) is 5.32 Å². The van der Waals surface area contributed by atoms with E-state index in [4.69, 9.17) is 22.1 Å². The first-order valence-electron chi connectivity index (χ1n) is 7.15. The number of amides is 1. The molecule has 0 fully saturated rings. The predicted molar refractivity (Wildman–Crippen MR) is 89.0 cm³/mol. The van der Waals surface area contributed by atoms with E-state index < -0.39 is 23.8 Å². The van der Waals surface area contributed by atoms with Crippen molar-refractivity contribution in [2.45, 2.75) is 19.6 Å². The fourth-order valence-electron chi connectivity index (χ4n) is 1.92. The monoisotopic (exact) mass is 350 g/mol. The number of carbonyl (C=O) groups excluding carboxylic acids is 2. The van der Waals surface area contributed by atoms with Gasteiger partial charge in [0.1, 0.15) is 5.82 Å². The van der Waals surface area contributed by atoms with E-state index in [9.17, 15) is 14.0 Å². The zero-order chi connectivity index (χ0) is 17.7. The quantitative estimate of drug-likeness (QED) is 0.641. The van der Waals surface area contributed by atoms with Gasteiger partial charge in [0.15, 0.2) is 6.10 Å². The number of rotatable bonds is 5. The van der Waals surface area contributed by atoms with Gasteiger partial charge in [0.25, 0.3) is 5.91 Å². The van der Waals surface area contributed by atoms with E-state index in [0.29, 0.717) is 10.6 Å². The second kappa shape index (κ2) is 7.79. The topological polar surface area (TPSA) is 81.4 Å². The van der Waals surface area contributed by atoms with Gasteiger partial charge in [0.2, 0.25) is 0 Å². The van der Waals surface area contributed by atoms with Crippen molar-refractivity contribution in [1.82, 2.24) is 5.32 Å². The Morgan fingerprint density at radius 2 is 2.00 bits per heavy atom. The van der Waals surface area contributed by atoms with Crippen molar-refractivity contribution in [3.8, 4) is 0 Å². The smallest absolute Gasteiger partial charge is 0.338 e. The van der Waals surface area contributed by atoms with Gasteiger partial charge < -0.3 is 15.8 Å². The van der Waals surface area contributed by atoms with Gasteiger partial charge in [-0.2, -0.15) is 0 Å². The highest BCUT2D eigenvalue weighted by Crippen LogP contribution is 2.20. The summed E-state index contributed by atoms with van der Waals surface area (Å²) in [6.07, 6.45) is -1.04. The molecule has 126 valence electrons. The molecule has 0 radical (unpaired) electrons. The van der Waals surface area contributed by atoms with Gasteiger partial charge in [-0.25, -0.2) is 9.18 Å². The normalized spacial score (nSPS) is 11.6. The average molecular weight is 351 g/mol. The number of nitrogen functional groups attached to an aromatic ring is 1. The lowest BCUT2D eigenvalue weighted by Crippen LogP contribution is -2.35. The van der Waals surface area contributed by atoms with E-state index in [-0.39, 0.29) is 17.8 Å². The summed E-state index contributed by atoms with van der Waals surface area (Å²) in [5, 5.41) is 2.84. The van der Waals surface area contributed by atoms with Crippen molar-refractivity contribution in [2.24, 2.45) is 0 Å². The molecule has 2 aromatic rings. The molecule has 0 aliphatic rings. The zero-order valence-electron chi connectivity index (χ0n) is 12.9. The third-order valence-corrected chi connectivity index (χ3v) is 3.64. The second-order valence-corrected chi connectivity index (χ2v) is 5.50. The van der Waals surface area contributed by atoms with Crippen molar-refractivity contribution >= 4 is 29.2 Å². The molecule has 7 heteroatoms. The largest absolute Gasteiger partial charge is 0.449 e. The van der Waals surface area contributed by atoms with Gasteiger partial charge in [0.05, 0.1) is 16.3 Å². The molecule has 0 aromatic heterocycles. The Hall–Kier alpha value is -2.60. The fraction of sp³-hybridized carbons (Fsp3) is 0.176. The Labute approximate surface area is 143 Å². The number of carbonyl (C=O) groups is 2. The van der Waals surface area contributed by atoms with E-state index in [1.165, 1.54) is 31.2 Å². The van der Waals surface area contributed by atoms with Crippen LogP contribution >= 0.6 is 11.6 Å². The van der Waals surface area contributed by atoms with Crippen LogP contribution in [-0.2, 0) is 16.1 Å². The SMILES string of the molecule is C[C@H](OC(=O)c1ccc(Cl)c(N)c1)C(=O)NCc1ccccc1F. The van der Waals surface area contributed by atoms with Crippen molar-refractivity contribution in [3.63, 3.8) is 0 Å². The summed E-state index contributed by atoms with van der Waals surface area (Å²) in [5.74, 6) is -1.65. The van der Waals surface area contributed by atoms with Gasteiger partial charge in [-0.05, 0) is 31.2 Å². The molecule has 2 rings (SSSR count). The molecule has 0 saturated carbocycles. The number of hydrogen-bond donors (Lipinski definition) is 2. The van der Waals surface area contributed by atoms with Crippen LogP contribution in [0.4, 0.5) is 10.1 Å². The first-order chi connectivity index (χ1) is 11.4. The van der Waals surface area contributed by atoms with Gasteiger partial charge in [-0.15, -0.1) is 0 Å². The summed E-state index contributed by atoms with van der Waals surface area (Å²) in [5.41, 5.74) is 6.39. The molecule has 0 unspecified atom stereocenters. The van der Waals surface area contributed by atoms with Crippen LogP contribution in [-0.4, -0.2) is 18.0 Å². The summed E-state index contributed by atoms with van der Waals surface area (Å²) >= 11 is 5.78. The van der Waals surface area contributed by atoms with Crippen LogP contribution in [0.5, 0.6) is 0 Å². The maximum absolute atomic E-state index is 13.5. The van der Waals surface area contributed by atoms with Gasteiger partial charge in [-0.1, -0.05) is 29.8 Å². The maximum Gasteiger partial charge on any atom is 0.338 e. The number of hydrogen-bond acceptors (Lipinski definition) is 4. The standard InChI is InChI=1S/C17H16ClFN2O3/c1-10(16(22)21-9-12-4-2-3-5-14(12)19)24-17(23)11-6-7-13(18)15(20)8-11/h2-8,10H,9,20H2,1H3,(H,21,22)/t10-/m0/s1. The second-order valence-electron chi connectivity index (χ2n) is 5.09. The molecule has 0 saturated heterocycles. The first-order valence-corrected chi connectivity index (χ1v) is 7.53. The Bertz CT molecular complexity index is 767. The van der Waals surface area contributed by atoms with E-state index in [0.717, 1.165) is 0 Å². The van der Waals surface area contributed by atoms with Crippen LogP contribution in [0.3, 0.4) is 0 Å². The minimum atomic E-state index is -1.04. The molecule has 24 heavy (non-hydrogen) atoms. The molecule has 0 aliphatic heterocycles. The molecule has 1 atom stereocenters.